The van der Waals surface area contributed by atoms with E-state index in [1.54, 1.807) is 24.5 Å². The van der Waals surface area contributed by atoms with Crippen molar-refractivity contribution in [2.45, 2.75) is 31.7 Å². The van der Waals surface area contributed by atoms with E-state index in [1.165, 1.54) is 17.0 Å². The smallest absolute Gasteiger partial charge is 0.407 e. The second-order valence-electron chi connectivity index (χ2n) is 10.0. The van der Waals surface area contributed by atoms with Crippen molar-refractivity contribution >= 4 is 45.8 Å². The number of aromatic hydroxyl groups is 1. The normalized spacial score (nSPS) is 16.0. The van der Waals surface area contributed by atoms with Crippen molar-refractivity contribution in [1.82, 2.24) is 19.7 Å². The number of benzene rings is 2. The van der Waals surface area contributed by atoms with Crippen molar-refractivity contribution < 1.29 is 24.2 Å². The Morgan fingerprint density at radius 1 is 1.05 bits per heavy atom. The minimum atomic E-state index is -0.912. The van der Waals surface area contributed by atoms with Gasteiger partial charge in [0.2, 0.25) is 0 Å². The number of hydrogen-bond donors (Lipinski definition) is 3. The lowest BCUT2D eigenvalue weighted by atomic mass is 9.99. The number of amides is 1. The number of ketones is 1. The molecule has 11 heteroatoms. The summed E-state index contributed by atoms with van der Waals surface area (Å²) in [4.78, 5) is 30.4. The lowest BCUT2D eigenvalue weighted by Crippen LogP contribution is -2.38. The van der Waals surface area contributed by atoms with Gasteiger partial charge in [0.25, 0.3) is 0 Å². The molecule has 1 saturated carbocycles. The summed E-state index contributed by atoms with van der Waals surface area (Å²) in [5.74, 6) is -1.44. The van der Waals surface area contributed by atoms with Crippen LogP contribution in [0.4, 0.5) is 20.6 Å². The molecule has 39 heavy (non-hydrogen) atoms. The van der Waals surface area contributed by atoms with Crippen molar-refractivity contribution in [3.8, 4) is 16.9 Å². The Morgan fingerprint density at radius 2 is 1.82 bits per heavy atom. The quantitative estimate of drug-likeness (QED) is 0.243. The van der Waals surface area contributed by atoms with Crippen LogP contribution in [0.5, 0.6) is 5.75 Å². The van der Waals surface area contributed by atoms with Gasteiger partial charge in [0.05, 0.1) is 39.7 Å². The number of aromatic nitrogens is 3. The van der Waals surface area contributed by atoms with Crippen molar-refractivity contribution in [2.24, 2.45) is 5.92 Å². The number of fused-ring (bicyclic) bond motifs is 1. The molecular weight excluding hydrogens is 525 g/mol. The molecule has 2 aromatic heterocycles. The maximum Gasteiger partial charge on any atom is 0.407 e. The first-order valence-corrected chi connectivity index (χ1v) is 13.1. The maximum absolute atomic E-state index is 14.2. The van der Waals surface area contributed by atoms with E-state index in [0.717, 1.165) is 12.8 Å². The predicted octanol–water partition coefficient (Wildman–Crippen LogP) is 6.25. The number of anilines is 2. The number of phenols is 1. The summed E-state index contributed by atoms with van der Waals surface area (Å²) in [6.07, 6.45) is 7.22. The van der Waals surface area contributed by atoms with Crippen molar-refractivity contribution in [3.63, 3.8) is 0 Å². The fraction of sp³-hybridized carbons (Fsp3) is 0.286. The highest BCUT2D eigenvalue weighted by molar-refractivity contribution is 6.32. The minimum absolute atomic E-state index is 0.0180. The van der Waals surface area contributed by atoms with Crippen LogP contribution in [0.1, 0.15) is 42.1 Å². The summed E-state index contributed by atoms with van der Waals surface area (Å²) >= 11 is 6.02. The van der Waals surface area contributed by atoms with Gasteiger partial charge < -0.3 is 20.4 Å². The lowest BCUT2D eigenvalue weighted by molar-refractivity contribution is 0.0968. The van der Waals surface area contributed by atoms with Gasteiger partial charge in [-0.15, -0.1) is 0 Å². The van der Waals surface area contributed by atoms with Gasteiger partial charge in [-0.1, -0.05) is 17.7 Å². The van der Waals surface area contributed by atoms with Gasteiger partial charge in [0.15, 0.2) is 17.3 Å². The second kappa shape index (κ2) is 9.85. The van der Waals surface area contributed by atoms with E-state index in [0.29, 0.717) is 64.9 Å². The number of nitrogens with one attached hydrogen (secondary N) is 1. The molecule has 2 aliphatic rings. The molecule has 9 nitrogen and oxygen atoms in total. The van der Waals surface area contributed by atoms with Gasteiger partial charge in [-0.05, 0) is 61.1 Å². The zero-order valence-corrected chi connectivity index (χ0v) is 21.5. The van der Waals surface area contributed by atoms with Crippen molar-refractivity contribution in [1.29, 1.82) is 0 Å². The summed E-state index contributed by atoms with van der Waals surface area (Å²) < 4.78 is 16.1. The van der Waals surface area contributed by atoms with E-state index in [4.69, 9.17) is 11.6 Å². The van der Waals surface area contributed by atoms with Crippen LogP contribution in [0.2, 0.25) is 5.02 Å². The molecule has 1 aliphatic carbocycles. The molecule has 0 spiro atoms. The highest BCUT2D eigenvalue weighted by Gasteiger charge is 2.33. The number of likely N-dealkylation sites (tertiary alicyclic amines) is 1. The number of piperidine rings is 1. The number of pyridine rings is 1. The van der Waals surface area contributed by atoms with Gasteiger partial charge in [-0.3, -0.25) is 14.5 Å². The Balaban J connectivity index is 1.37. The highest BCUT2D eigenvalue weighted by Crippen LogP contribution is 2.39. The molecule has 4 aromatic rings. The average molecular weight is 550 g/mol. The van der Waals surface area contributed by atoms with Crippen LogP contribution in [0, 0.1) is 11.7 Å². The van der Waals surface area contributed by atoms with E-state index in [1.807, 2.05) is 16.9 Å². The SMILES string of the molecule is O=C(c1cnc2ccc(-c3cc(F)c(O)c(Cl)c3)cc2c1Nc1cnn(C2CCN(C(=O)O)CC2)c1)C1CC1. The number of rotatable bonds is 6. The van der Waals surface area contributed by atoms with E-state index in [9.17, 15) is 24.2 Å². The molecule has 3 N–H and O–H groups in total. The molecule has 200 valence electrons. The molecule has 2 aromatic carbocycles. The number of nitrogens with zero attached hydrogens (tertiary/aromatic N) is 4. The monoisotopic (exact) mass is 549 g/mol. The van der Waals surface area contributed by atoms with Crippen LogP contribution in [0.15, 0.2) is 48.9 Å². The van der Waals surface area contributed by atoms with Crippen LogP contribution >= 0.6 is 11.6 Å². The third kappa shape index (κ3) is 4.87. The van der Waals surface area contributed by atoms with Crippen LogP contribution in [-0.4, -0.2) is 54.8 Å². The van der Waals surface area contributed by atoms with Crippen LogP contribution in [0.3, 0.4) is 0 Å². The summed E-state index contributed by atoms with van der Waals surface area (Å²) in [6.45, 7) is 0.893. The van der Waals surface area contributed by atoms with Crippen LogP contribution < -0.4 is 5.32 Å². The fourth-order valence-electron chi connectivity index (χ4n) is 5.06. The molecule has 0 radical (unpaired) electrons. The molecule has 1 aliphatic heterocycles. The maximum atomic E-state index is 14.2. The van der Waals surface area contributed by atoms with Gasteiger partial charge in [-0.25, -0.2) is 9.18 Å². The molecule has 1 saturated heterocycles. The molecule has 6 rings (SSSR count). The van der Waals surface area contributed by atoms with E-state index in [2.05, 4.69) is 15.4 Å². The van der Waals surface area contributed by atoms with Crippen molar-refractivity contribution in [3.05, 3.63) is 65.3 Å². The summed E-state index contributed by atoms with van der Waals surface area (Å²) in [7, 11) is 0. The van der Waals surface area contributed by atoms with Crippen molar-refractivity contribution in [2.75, 3.05) is 18.4 Å². The van der Waals surface area contributed by atoms with E-state index in [-0.39, 0.29) is 22.8 Å². The predicted molar refractivity (Wildman–Crippen MR) is 144 cm³/mol. The van der Waals surface area contributed by atoms with Gasteiger partial charge in [0, 0.05) is 36.8 Å². The zero-order chi connectivity index (χ0) is 27.3. The molecule has 3 heterocycles. The topological polar surface area (TPSA) is 121 Å². The van der Waals surface area contributed by atoms with Gasteiger partial charge in [0.1, 0.15) is 0 Å². The largest absolute Gasteiger partial charge is 0.504 e. The number of Topliss-reactive ketones (excluding diaryl/α,β-unsaturated/α-hetero) is 1. The zero-order valence-electron chi connectivity index (χ0n) is 20.8. The Labute approximate surface area is 227 Å². The number of carbonyl (C=O) groups excluding carboxylic acids is 1. The Hall–Kier alpha value is -4.18. The number of carbonyl (C=O) groups is 2. The Bertz CT molecular complexity index is 1590. The van der Waals surface area contributed by atoms with Gasteiger partial charge >= 0.3 is 6.09 Å². The standard InChI is InChI=1S/C28H25ClFN5O4/c29-22-10-17(11-23(30)27(22)37)16-3-4-24-20(9-16)25(21(13-31-24)26(36)15-1-2-15)33-18-12-32-35(14-18)19-5-7-34(8-6-19)28(38)39/h3-4,9-15,19,37H,1-2,5-8H2,(H,31,33)(H,38,39). The molecule has 0 atom stereocenters. The molecule has 0 bridgehead atoms. The minimum Gasteiger partial charge on any atom is -0.504 e. The molecule has 2 fully saturated rings. The first-order valence-electron chi connectivity index (χ1n) is 12.7. The highest BCUT2D eigenvalue weighted by atomic mass is 35.5. The van der Waals surface area contributed by atoms with E-state index >= 15 is 0 Å². The Morgan fingerprint density at radius 3 is 2.51 bits per heavy atom. The first-order chi connectivity index (χ1) is 18.8. The second-order valence-corrected chi connectivity index (χ2v) is 10.4. The third-order valence-electron chi connectivity index (χ3n) is 7.41. The van der Waals surface area contributed by atoms with Gasteiger partial charge in [-0.2, -0.15) is 5.10 Å². The van der Waals surface area contributed by atoms with E-state index < -0.39 is 17.7 Å². The summed E-state index contributed by atoms with van der Waals surface area (Å²) in [5.41, 5.74) is 3.50. The summed E-state index contributed by atoms with van der Waals surface area (Å²) in [5, 5.41) is 27.4. The molecular formula is C28H25ClFN5O4. The fourth-order valence-corrected chi connectivity index (χ4v) is 5.27. The third-order valence-corrected chi connectivity index (χ3v) is 7.70. The number of carboxylic acid groups (broad SMARTS) is 1. The molecule has 1 amide bonds. The lowest BCUT2D eigenvalue weighted by Gasteiger charge is -2.29. The summed E-state index contributed by atoms with van der Waals surface area (Å²) in [6, 6.07) is 8.16. The first kappa shape index (κ1) is 25.1. The number of phenolic OH excluding ortho intramolecular Hbond substituents is 1. The number of halogens is 2. The van der Waals surface area contributed by atoms with Crippen LogP contribution in [-0.2, 0) is 0 Å². The molecule has 0 unspecified atom stereocenters. The van der Waals surface area contributed by atoms with Crippen LogP contribution in [0.25, 0.3) is 22.0 Å². The Kier molecular flexibility index (Phi) is 6.34. The average Bonchev–Trinajstić information content (AvgIpc) is 3.69. The number of hydrogen-bond acceptors (Lipinski definition) is 6.